The minimum Gasteiger partial charge on any atom is -0.468 e. The molecule has 11 atom stereocenters. The third kappa shape index (κ3) is 8.56. The van der Waals surface area contributed by atoms with Crippen LogP contribution in [0.2, 0.25) is 0 Å². The average molecular weight is 817 g/mol. The maximum atomic E-state index is 13.6. The Balaban J connectivity index is 0.757. The van der Waals surface area contributed by atoms with Gasteiger partial charge in [0.05, 0.1) is 29.9 Å². The van der Waals surface area contributed by atoms with Crippen LogP contribution in [0.5, 0.6) is 11.5 Å². The number of carbonyl (C=O) groups is 2. The zero-order valence-corrected chi connectivity index (χ0v) is 36.8. The van der Waals surface area contributed by atoms with Crippen LogP contribution in [0.4, 0.5) is 0 Å². The highest BCUT2D eigenvalue weighted by Gasteiger charge is 2.59. The van der Waals surface area contributed by atoms with E-state index in [1.165, 1.54) is 51.4 Å². The van der Waals surface area contributed by atoms with Crippen LogP contribution in [0, 0.1) is 52.3 Å². The highest BCUT2D eigenvalue weighted by molar-refractivity contribution is 5.96. The number of ether oxygens (including phenoxy) is 5. The van der Waals surface area contributed by atoms with E-state index in [0.29, 0.717) is 52.8 Å². The fourth-order valence-corrected chi connectivity index (χ4v) is 13.2. The molecule has 5 aliphatic carbocycles. The van der Waals surface area contributed by atoms with Crippen LogP contribution in [0.3, 0.4) is 0 Å². The maximum Gasteiger partial charge on any atom is 0.343 e. The maximum absolute atomic E-state index is 13.6. The van der Waals surface area contributed by atoms with Gasteiger partial charge in [0, 0.05) is 6.42 Å². The molecule has 0 radical (unpaired) electrons. The second kappa shape index (κ2) is 17.2. The summed E-state index contributed by atoms with van der Waals surface area (Å²) in [5, 5.41) is 1.77. The summed E-state index contributed by atoms with van der Waals surface area (Å²) in [6.45, 7) is 13.3. The molecule has 322 valence electrons. The lowest BCUT2D eigenvalue weighted by atomic mass is 9.47. The molecule has 0 bridgehead atoms. The van der Waals surface area contributed by atoms with Gasteiger partial charge in [-0.2, -0.15) is 0 Å². The van der Waals surface area contributed by atoms with Crippen molar-refractivity contribution < 1.29 is 33.3 Å². The second-order valence-corrected chi connectivity index (χ2v) is 20.7. The van der Waals surface area contributed by atoms with Crippen molar-refractivity contribution in [1.29, 1.82) is 0 Å². The first-order chi connectivity index (χ1) is 29.0. The number of rotatable bonds is 14. The number of carbonyl (C=O) groups excluding carboxylic acids is 2. The van der Waals surface area contributed by atoms with Gasteiger partial charge in [0.25, 0.3) is 0 Å². The second-order valence-electron chi connectivity index (χ2n) is 20.7. The largest absolute Gasteiger partial charge is 0.468 e. The lowest BCUT2D eigenvalue weighted by Gasteiger charge is -2.58. The first-order valence-corrected chi connectivity index (χ1v) is 23.6. The molecule has 0 amide bonds. The summed E-state index contributed by atoms with van der Waals surface area (Å²) in [6, 6.07) is 18.0. The molecule has 3 unspecified atom stereocenters. The Morgan fingerprint density at radius 3 is 2.38 bits per heavy atom. The van der Waals surface area contributed by atoms with E-state index in [2.05, 4.69) is 40.7 Å². The van der Waals surface area contributed by atoms with Crippen LogP contribution in [0.1, 0.15) is 145 Å². The first kappa shape index (κ1) is 41.7. The molecule has 7 nitrogen and oxygen atoms in total. The van der Waals surface area contributed by atoms with Crippen LogP contribution >= 0.6 is 0 Å². The van der Waals surface area contributed by atoms with Gasteiger partial charge in [0.15, 0.2) is 6.79 Å². The molecule has 7 heteroatoms. The van der Waals surface area contributed by atoms with Crippen molar-refractivity contribution in [3.8, 4) is 11.5 Å². The fourth-order valence-electron chi connectivity index (χ4n) is 13.2. The molecule has 1 heterocycles. The number of hydrogen-bond donors (Lipinski definition) is 0. The SMILES string of the molecule is CC(C)CCC[C@@H](C)[C@H]1CC[C@H]2[C@@H]3CC=C4C[C@@H](OC(=O)c5ccc6cc(OC(=O)c7ccc(OCOCC8CCC9OC9C8)cc7)ccc6c5)CC[C@]4(C)[C@H]3CC[C@]12C. The van der Waals surface area contributed by atoms with Crippen molar-refractivity contribution in [3.05, 3.63) is 83.4 Å². The lowest BCUT2D eigenvalue weighted by Crippen LogP contribution is -2.51. The van der Waals surface area contributed by atoms with E-state index in [1.54, 1.807) is 35.9 Å². The van der Waals surface area contributed by atoms with Crippen LogP contribution in [0.25, 0.3) is 10.8 Å². The predicted molar refractivity (Wildman–Crippen MR) is 235 cm³/mol. The first-order valence-electron chi connectivity index (χ1n) is 23.6. The molecule has 5 fully saturated rings. The molecule has 9 rings (SSSR count). The smallest absolute Gasteiger partial charge is 0.343 e. The number of allylic oxidation sites excluding steroid dienone is 1. The normalized spacial score (nSPS) is 33.5. The molecule has 60 heavy (non-hydrogen) atoms. The number of hydrogen-bond acceptors (Lipinski definition) is 7. The minimum atomic E-state index is -0.450. The Morgan fingerprint density at radius 1 is 0.783 bits per heavy atom. The predicted octanol–water partition coefficient (Wildman–Crippen LogP) is 12.5. The van der Waals surface area contributed by atoms with Gasteiger partial charge in [0.1, 0.15) is 17.6 Å². The van der Waals surface area contributed by atoms with E-state index in [9.17, 15) is 9.59 Å². The molecular formula is C53H68O7. The highest BCUT2D eigenvalue weighted by atomic mass is 16.7. The molecule has 1 aliphatic heterocycles. The molecule has 3 aromatic carbocycles. The Morgan fingerprint density at radius 2 is 1.57 bits per heavy atom. The van der Waals surface area contributed by atoms with Crippen molar-refractivity contribution in [2.24, 2.45) is 52.3 Å². The third-order valence-corrected chi connectivity index (χ3v) is 16.7. The van der Waals surface area contributed by atoms with E-state index in [0.717, 1.165) is 84.8 Å². The quantitative estimate of drug-likeness (QED) is 0.0400. The van der Waals surface area contributed by atoms with Gasteiger partial charge in [-0.05, 0) is 176 Å². The van der Waals surface area contributed by atoms with Gasteiger partial charge in [-0.15, -0.1) is 0 Å². The van der Waals surface area contributed by atoms with Crippen LogP contribution < -0.4 is 9.47 Å². The van der Waals surface area contributed by atoms with E-state index in [4.69, 9.17) is 23.7 Å². The number of fused-ring (bicyclic) bond motifs is 7. The van der Waals surface area contributed by atoms with Gasteiger partial charge < -0.3 is 23.7 Å². The summed E-state index contributed by atoms with van der Waals surface area (Å²) in [4.78, 5) is 26.6. The zero-order valence-electron chi connectivity index (χ0n) is 36.8. The minimum absolute atomic E-state index is 0.0937. The standard InChI is InChI=1S/C53H68O7/c1-33(2)7-6-8-34(3)45-20-21-46-44-19-15-40-30-43(23-25-52(40,4)47(44)24-26-53(45,46)5)59-51(55)39-11-10-38-29-42(18-14-37(38)28-39)58-50(54)36-12-16-41(17-13-36)57-32-56-31-35-9-22-48-49(27-35)60-48/h10-18,28-29,33-35,43-49H,6-9,19-27,30-32H2,1-5H3/t34-,35?,43+,44+,45-,46+,47+,48?,49?,52+,53-/m1/s1. The highest BCUT2D eigenvalue weighted by Crippen LogP contribution is 2.67. The molecule has 3 aromatic rings. The van der Waals surface area contributed by atoms with E-state index in [-0.39, 0.29) is 24.3 Å². The van der Waals surface area contributed by atoms with E-state index >= 15 is 0 Å². The van der Waals surface area contributed by atoms with Crippen molar-refractivity contribution in [2.45, 2.75) is 143 Å². The Hall–Kier alpha value is -3.68. The fraction of sp³-hybridized carbons (Fsp3) is 0.623. The van der Waals surface area contributed by atoms with Crippen LogP contribution in [0.15, 0.2) is 72.3 Å². The van der Waals surface area contributed by atoms with Gasteiger partial charge in [-0.25, -0.2) is 9.59 Å². The molecule has 0 spiro atoms. The lowest BCUT2D eigenvalue weighted by molar-refractivity contribution is -0.0594. The molecular weight excluding hydrogens is 749 g/mol. The van der Waals surface area contributed by atoms with Crippen molar-refractivity contribution in [1.82, 2.24) is 0 Å². The summed E-state index contributed by atoms with van der Waals surface area (Å²) >= 11 is 0. The van der Waals surface area contributed by atoms with E-state index < -0.39 is 5.97 Å². The summed E-state index contributed by atoms with van der Waals surface area (Å²) in [5.74, 6) is 5.78. The number of esters is 2. The van der Waals surface area contributed by atoms with Crippen LogP contribution in [-0.2, 0) is 14.2 Å². The van der Waals surface area contributed by atoms with Gasteiger partial charge in [0.2, 0.25) is 0 Å². The monoisotopic (exact) mass is 816 g/mol. The number of epoxide rings is 1. The third-order valence-electron chi connectivity index (χ3n) is 16.7. The molecule has 0 aromatic heterocycles. The molecule has 4 saturated carbocycles. The van der Waals surface area contributed by atoms with Crippen LogP contribution in [-0.4, -0.2) is 43.7 Å². The topological polar surface area (TPSA) is 83.6 Å². The van der Waals surface area contributed by atoms with Crippen molar-refractivity contribution >= 4 is 22.7 Å². The Bertz CT molecular complexity index is 2050. The van der Waals surface area contributed by atoms with Gasteiger partial charge in [-0.3, -0.25) is 0 Å². The van der Waals surface area contributed by atoms with Crippen molar-refractivity contribution in [2.75, 3.05) is 13.4 Å². The van der Waals surface area contributed by atoms with Gasteiger partial charge >= 0.3 is 11.9 Å². The summed E-state index contributed by atoms with van der Waals surface area (Å²) in [7, 11) is 0. The average Bonchev–Trinajstić information content (AvgIpc) is 3.93. The summed E-state index contributed by atoms with van der Waals surface area (Å²) < 4.78 is 29.1. The van der Waals surface area contributed by atoms with Crippen molar-refractivity contribution in [3.63, 3.8) is 0 Å². The molecule has 1 saturated heterocycles. The molecule has 0 N–H and O–H groups in total. The summed E-state index contributed by atoms with van der Waals surface area (Å²) in [6.07, 6.45) is 20.5. The summed E-state index contributed by atoms with van der Waals surface area (Å²) in [5.41, 5.74) is 3.22. The molecule has 6 aliphatic rings. The number of benzene rings is 3. The Labute approximate surface area is 358 Å². The Kier molecular flexibility index (Phi) is 12.0. The van der Waals surface area contributed by atoms with E-state index in [1.807, 2.05) is 30.3 Å². The van der Waals surface area contributed by atoms with Gasteiger partial charge in [-0.1, -0.05) is 77.7 Å². The zero-order chi connectivity index (χ0) is 41.6.